The Labute approximate surface area is 81.2 Å². The molecule has 0 heterocycles. The molecule has 0 spiro atoms. The van der Waals surface area contributed by atoms with Crippen molar-refractivity contribution in [3.63, 3.8) is 0 Å². The first kappa shape index (κ1) is 11.6. The molecule has 0 aromatic rings. The van der Waals surface area contributed by atoms with E-state index >= 15 is 0 Å². The molecule has 0 saturated carbocycles. The zero-order valence-electron chi connectivity index (χ0n) is 7.01. The van der Waals surface area contributed by atoms with Crippen LogP contribution in [0.3, 0.4) is 0 Å². The summed E-state index contributed by atoms with van der Waals surface area (Å²) in [6.07, 6.45) is 7.11. The Morgan fingerprint density at radius 2 is 1.45 bits per heavy atom. The molecule has 65 valence electrons. The third kappa shape index (κ3) is 10.6. The Morgan fingerprint density at radius 1 is 0.909 bits per heavy atom. The van der Waals surface area contributed by atoms with Gasteiger partial charge in [0, 0.05) is 0 Å². The minimum atomic E-state index is 0.345. The molecular weight excluding hydrogens is 176 g/mol. The summed E-state index contributed by atoms with van der Waals surface area (Å²) in [5.41, 5.74) is 0. The van der Waals surface area contributed by atoms with Crippen molar-refractivity contribution in [3.8, 4) is 0 Å². The molecule has 0 fully saturated rings. The van der Waals surface area contributed by atoms with Crippen LogP contribution in [0, 0.1) is 0 Å². The van der Waals surface area contributed by atoms with Crippen molar-refractivity contribution in [3.05, 3.63) is 0 Å². The second-order valence-corrected chi connectivity index (χ2v) is 3.14. The first-order valence-corrected chi connectivity index (χ1v) is 4.95. The van der Waals surface area contributed by atoms with Crippen molar-refractivity contribution < 1.29 is 29.2 Å². The van der Waals surface area contributed by atoms with E-state index in [4.69, 9.17) is 8.42 Å². The van der Waals surface area contributed by atoms with E-state index in [0.717, 1.165) is 13.0 Å². The quantitative estimate of drug-likeness (QED) is 0.470. The molecule has 2 nitrogen and oxygen atoms in total. The Balaban J connectivity index is 2.69. The van der Waals surface area contributed by atoms with Gasteiger partial charge in [-0.05, 0) is 0 Å². The topological polar surface area (TPSA) is 29.5 Å². The van der Waals surface area contributed by atoms with Crippen molar-refractivity contribution in [2.45, 2.75) is 38.5 Å². The molecule has 0 saturated heterocycles. The monoisotopic (exact) mass is 193 g/mol. The molecule has 0 rings (SSSR count). The van der Waals surface area contributed by atoms with Crippen LogP contribution in [0.15, 0.2) is 0 Å². The van der Waals surface area contributed by atoms with Crippen molar-refractivity contribution in [1.29, 1.82) is 0 Å². The van der Waals surface area contributed by atoms with E-state index in [2.05, 4.69) is 0 Å². The Kier molecular flexibility index (Phi) is 11.2. The van der Waals surface area contributed by atoms with Gasteiger partial charge in [0.2, 0.25) is 0 Å². The third-order valence-corrected chi connectivity index (χ3v) is 1.97. The van der Waals surface area contributed by atoms with E-state index in [1.807, 2.05) is 0 Å². The zero-order chi connectivity index (χ0) is 8.36. The molecule has 0 radical (unpaired) electrons. The molecule has 0 aromatic heterocycles. The Bertz CT molecular complexity index is 61.1. The fourth-order valence-electron chi connectivity index (χ4n) is 0.993. The average Bonchev–Trinajstić information content (AvgIpc) is 2.03. The molecule has 0 amide bonds. The normalized spacial score (nSPS) is 10.2. The van der Waals surface area contributed by atoms with Gasteiger partial charge in [0.15, 0.2) is 0 Å². The predicted molar refractivity (Wildman–Crippen MR) is 40.7 cm³/mol. The summed E-state index contributed by atoms with van der Waals surface area (Å²) in [5, 5.41) is 8.49. The van der Waals surface area contributed by atoms with Crippen LogP contribution in [0.1, 0.15) is 38.5 Å². The summed E-state index contributed by atoms with van der Waals surface area (Å²) in [7, 11) is 0. The van der Waals surface area contributed by atoms with Crippen molar-refractivity contribution in [2.75, 3.05) is 13.2 Å². The summed E-state index contributed by atoms with van der Waals surface area (Å²) in [5.74, 6) is 0. The molecule has 0 atom stereocenters. The number of aliphatic hydroxyl groups excluding tert-OH is 1. The van der Waals surface area contributed by atoms with E-state index < -0.39 is 0 Å². The fraction of sp³-hybridized carbons (Fsp3) is 1.00. The molecule has 0 aliphatic rings. The summed E-state index contributed by atoms with van der Waals surface area (Å²) < 4.78 is 4.93. The van der Waals surface area contributed by atoms with Gasteiger partial charge in [0.1, 0.15) is 0 Å². The molecule has 0 bridgehead atoms. The number of hydrogen-bond acceptors (Lipinski definition) is 2. The van der Waals surface area contributed by atoms with Crippen molar-refractivity contribution in [1.82, 2.24) is 0 Å². The number of hydrogen-bond donors (Lipinski definition) is 1. The summed E-state index contributed by atoms with van der Waals surface area (Å²) >= 11 is 1.74. The van der Waals surface area contributed by atoms with Crippen LogP contribution < -0.4 is 0 Å². The molecule has 0 aromatic carbocycles. The van der Waals surface area contributed by atoms with Gasteiger partial charge in [0.25, 0.3) is 0 Å². The minimum absolute atomic E-state index is 0.345. The van der Waals surface area contributed by atoms with Crippen LogP contribution in [0.25, 0.3) is 0 Å². The zero-order valence-corrected chi connectivity index (χ0v) is 8.57. The third-order valence-electron chi connectivity index (χ3n) is 1.65. The van der Waals surface area contributed by atoms with Gasteiger partial charge in [-0.15, -0.1) is 0 Å². The molecule has 1 N–H and O–H groups in total. The summed E-state index contributed by atoms with van der Waals surface area (Å²) in [4.78, 5) is 0. The summed E-state index contributed by atoms with van der Waals surface area (Å²) in [6.45, 7) is 1.23. The van der Waals surface area contributed by atoms with Crippen LogP contribution in [-0.2, 0) is 24.1 Å². The average molecular weight is 193 g/mol. The molecule has 0 unspecified atom stereocenters. The van der Waals surface area contributed by atoms with Gasteiger partial charge in [0.05, 0.1) is 0 Å². The van der Waals surface area contributed by atoms with Crippen molar-refractivity contribution >= 4 is 0 Å². The van der Waals surface area contributed by atoms with Crippen molar-refractivity contribution in [2.24, 2.45) is 0 Å². The summed E-state index contributed by atoms with van der Waals surface area (Å²) in [6, 6.07) is 0. The Hall–Kier alpha value is 0.634. The van der Waals surface area contributed by atoms with Gasteiger partial charge < -0.3 is 0 Å². The first-order chi connectivity index (χ1) is 5.41. The van der Waals surface area contributed by atoms with E-state index in [-0.39, 0.29) is 0 Å². The standard InChI is InChI=1S/C8H17O2.Ti/c9-7-5-3-1-2-4-6-8-10;/h9H,1-8H2;/q-1;+1. The second kappa shape index (κ2) is 10.6. The number of unbranched alkanes of at least 4 members (excludes halogenated alkanes) is 5. The fourth-order valence-corrected chi connectivity index (χ4v) is 1.22. The van der Waals surface area contributed by atoms with E-state index in [0.29, 0.717) is 6.61 Å². The molecule has 0 aliphatic carbocycles. The van der Waals surface area contributed by atoms with Crippen LogP contribution >= 0.6 is 0 Å². The maximum atomic E-state index is 8.49. The van der Waals surface area contributed by atoms with Gasteiger partial charge >= 0.3 is 81.0 Å². The van der Waals surface area contributed by atoms with Crippen LogP contribution in [0.4, 0.5) is 0 Å². The molecule has 11 heavy (non-hydrogen) atoms. The van der Waals surface area contributed by atoms with Gasteiger partial charge in [-0.3, -0.25) is 0 Å². The van der Waals surface area contributed by atoms with Crippen LogP contribution in [0.2, 0.25) is 0 Å². The molecule has 3 heteroatoms. The van der Waals surface area contributed by atoms with Crippen LogP contribution in [0.5, 0.6) is 0 Å². The molecule has 0 aliphatic heterocycles. The SMILES string of the molecule is OCCCCCCCC[O][Ti]. The first-order valence-electron chi connectivity index (χ1n) is 4.31. The second-order valence-electron chi connectivity index (χ2n) is 2.69. The van der Waals surface area contributed by atoms with Gasteiger partial charge in [-0.1, -0.05) is 0 Å². The number of aliphatic hydroxyl groups is 1. The van der Waals surface area contributed by atoms with E-state index in [1.54, 1.807) is 20.8 Å². The maximum absolute atomic E-state index is 8.49. The number of rotatable bonds is 8. The van der Waals surface area contributed by atoms with Crippen LogP contribution in [-0.4, -0.2) is 18.3 Å². The van der Waals surface area contributed by atoms with Gasteiger partial charge in [-0.2, -0.15) is 0 Å². The van der Waals surface area contributed by atoms with Gasteiger partial charge in [-0.25, -0.2) is 0 Å². The predicted octanol–water partition coefficient (Wildman–Crippen LogP) is 1.80. The molecular formula is C8H17O2Ti. The van der Waals surface area contributed by atoms with E-state index in [1.165, 1.54) is 32.1 Å². The Morgan fingerprint density at radius 3 is 2.00 bits per heavy atom. The van der Waals surface area contributed by atoms with E-state index in [9.17, 15) is 0 Å².